The van der Waals surface area contributed by atoms with Crippen molar-refractivity contribution in [1.29, 1.82) is 0 Å². The Morgan fingerprint density at radius 2 is 0.870 bits per heavy atom. The van der Waals surface area contributed by atoms with E-state index in [0.29, 0.717) is 22.3 Å². The van der Waals surface area contributed by atoms with E-state index in [1.807, 2.05) is 6.07 Å². The van der Waals surface area contributed by atoms with Gasteiger partial charge in [0.15, 0.2) is 11.6 Å². The lowest BCUT2D eigenvalue weighted by Gasteiger charge is -2.04. The van der Waals surface area contributed by atoms with Crippen molar-refractivity contribution in [2.45, 2.75) is 0 Å². The summed E-state index contributed by atoms with van der Waals surface area (Å²) in [6, 6.07) is 20.8. The highest BCUT2D eigenvalue weighted by molar-refractivity contribution is 6.11. The number of hydrogen-bond donors (Lipinski definition) is 0. The molecule has 0 N–H and O–H groups in total. The summed E-state index contributed by atoms with van der Waals surface area (Å²) in [4.78, 5) is 24.6. The van der Waals surface area contributed by atoms with Crippen molar-refractivity contribution in [3.05, 3.63) is 107 Å². The molecule has 3 rings (SSSR count). The second-order valence-corrected chi connectivity index (χ2v) is 5.11. The van der Waals surface area contributed by atoms with Gasteiger partial charge in [-0.3, -0.25) is 9.59 Å². The number of hydrogen-bond acceptors (Lipinski definition) is 2. The number of carbonyl (C=O) groups excluding carboxylic acids is 2. The Kier molecular flexibility index (Phi) is 4.11. The Morgan fingerprint density at radius 1 is 0.522 bits per heavy atom. The van der Waals surface area contributed by atoms with Crippen LogP contribution in [0.25, 0.3) is 0 Å². The van der Waals surface area contributed by atoms with Crippen LogP contribution in [-0.2, 0) is 0 Å². The summed E-state index contributed by atoms with van der Waals surface area (Å²) in [6.07, 6.45) is 0. The zero-order valence-corrected chi connectivity index (χ0v) is 12.2. The van der Waals surface area contributed by atoms with Crippen LogP contribution in [0, 0.1) is 5.82 Å². The van der Waals surface area contributed by atoms with Crippen LogP contribution < -0.4 is 0 Å². The quantitative estimate of drug-likeness (QED) is 0.674. The molecule has 0 aromatic heterocycles. The molecular weight excluding hydrogens is 291 g/mol. The molecule has 0 aliphatic heterocycles. The third-order valence-corrected chi connectivity index (χ3v) is 3.55. The largest absolute Gasteiger partial charge is 0.289 e. The van der Waals surface area contributed by atoms with Gasteiger partial charge in [0.1, 0.15) is 5.82 Å². The van der Waals surface area contributed by atoms with Crippen LogP contribution in [-0.4, -0.2) is 11.6 Å². The Morgan fingerprint density at radius 3 is 1.30 bits per heavy atom. The molecule has 2 nitrogen and oxygen atoms in total. The second kappa shape index (κ2) is 6.36. The summed E-state index contributed by atoms with van der Waals surface area (Å²) in [7, 11) is 0. The summed E-state index contributed by atoms with van der Waals surface area (Å²) in [5, 5.41) is 0. The van der Waals surface area contributed by atoms with Gasteiger partial charge in [-0.15, -0.1) is 0 Å². The van der Waals surface area contributed by atoms with Crippen LogP contribution in [0.5, 0.6) is 0 Å². The first-order valence-corrected chi connectivity index (χ1v) is 7.15. The van der Waals surface area contributed by atoms with Crippen LogP contribution in [0.2, 0.25) is 0 Å². The number of benzene rings is 3. The van der Waals surface area contributed by atoms with E-state index >= 15 is 0 Å². The monoisotopic (exact) mass is 304 g/mol. The van der Waals surface area contributed by atoms with Crippen LogP contribution in [0.4, 0.5) is 4.39 Å². The molecule has 0 unspecified atom stereocenters. The summed E-state index contributed by atoms with van der Waals surface area (Å²) in [6.45, 7) is 0. The van der Waals surface area contributed by atoms with Gasteiger partial charge in [0.05, 0.1) is 0 Å². The van der Waals surface area contributed by atoms with Crippen molar-refractivity contribution in [1.82, 2.24) is 0 Å². The fourth-order valence-electron chi connectivity index (χ4n) is 2.30. The van der Waals surface area contributed by atoms with E-state index in [0.717, 1.165) is 0 Å². The molecule has 0 heterocycles. The summed E-state index contributed by atoms with van der Waals surface area (Å²) < 4.78 is 12.9. The van der Waals surface area contributed by atoms with E-state index in [2.05, 4.69) is 0 Å². The SMILES string of the molecule is O=C(c1ccccc1)c1ccc(C(=O)c2ccc(F)cc2)cc1. The molecule has 3 aromatic rings. The van der Waals surface area contributed by atoms with Gasteiger partial charge in [0.2, 0.25) is 0 Å². The predicted octanol–water partition coefficient (Wildman–Crippen LogP) is 4.29. The summed E-state index contributed by atoms with van der Waals surface area (Å²) in [5.41, 5.74) is 1.99. The van der Waals surface area contributed by atoms with Gasteiger partial charge in [-0.05, 0) is 24.3 Å². The number of halogens is 1. The second-order valence-electron chi connectivity index (χ2n) is 5.11. The first-order valence-electron chi connectivity index (χ1n) is 7.15. The molecule has 3 aromatic carbocycles. The van der Waals surface area contributed by atoms with E-state index in [1.165, 1.54) is 24.3 Å². The normalized spacial score (nSPS) is 10.3. The Hall–Kier alpha value is -3.07. The average Bonchev–Trinajstić information content (AvgIpc) is 2.62. The van der Waals surface area contributed by atoms with Gasteiger partial charge < -0.3 is 0 Å². The van der Waals surface area contributed by atoms with Crippen LogP contribution in [0.3, 0.4) is 0 Å². The van der Waals surface area contributed by atoms with Crippen molar-refractivity contribution in [3.63, 3.8) is 0 Å². The minimum Gasteiger partial charge on any atom is -0.289 e. The highest BCUT2D eigenvalue weighted by Crippen LogP contribution is 2.14. The number of carbonyl (C=O) groups is 2. The van der Waals surface area contributed by atoms with Crippen molar-refractivity contribution in [2.24, 2.45) is 0 Å². The fourth-order valence-corrected chi connectivity index (χ4v) is 2.30. The molecule has 0 aliphatic rings. The average molecular weight is 304 g/mol. The number of ketones is 2. The van der Waals surface area contributed by atoms with Crippen molar-refractivity contribution >= 4 is 11.6 Å². The minimum absolute atomic E-state index is 0.0913. The van der Waals surface area contributed by atoms with E-state index in [9.17, 15) is 14.0 Å². The third kappa shape index (κ3) is 3.24. The van der Waals surface area contributed by atoms with Gasteiger partial charge in [0, 0.05) is 22.3 Å². The Labute approximate surface area is 133 Å². The Balaban J connectivity index is 1.83. The summed E-state index contributed by atoms with van der Waals surface area (Å²) in [5.74, 6) is -0.680. The molecule has 112 valence electrons. The molecule has 0 atom stereocenters. The topological polar surface area (TPSA) is 34.1 Å². The van der Waals surface area contributed by atoms with E-state index in [4.69, 9.17) is 0 Å². The van der Waals surface area contributed by atoms with Crippen molar-refractivity contribution in [3.8, 4) is 0 Å². The summed E-state index contributed by atoms with van der Waals surface area (Å²) >= 11 is 0. The predicted molar refractivity (Wildman–Crippen MR) is 86.1 cm³/mol. The molecule has 0 saturated heterocycles. The lowest BCUT2D eigenvalue weighted by atomic mass is 9.99. The maximum absolute atomic E-state index is 12.9. The molecule has 0 spiro atoms. The molecule has 0 aliphatic carbocycles. The van der Waals surface area contributed by atoms with Crippen molar-refractivity contribution < 1.29 is 14.0 Å². The van der Waals surface area contributed by atoms with Gasteiger partial charge in [-0.1, -0.05) is 54.6 Å². The van der Waals surface area contributed by atoms with Gasteiger partial charge in [-0.2, -0.15) is 0 Å². The van der Waals surface area contributed by atoms with E-state index in [1.54, 1.807) is 48.5 Å². The minimum atomic E-state index is -0.384. The highest BCUT2D eigenvalue weighted by atomic mass is 19.1. The third-order valence-electron chi connectivity index (χ3n) is 3.55. The molecule has 0 radical (unpaired) electrons. The first kappa shape index (κ1) is 14.9. The van der Waals surface area contributed by atoms with Gasteiger partial charge >= 0.3 is 0 Å². The molecule has 0 amide bonds. The fraction of sp³-hybridized carbons (Fsp3) is 0. The molecular formula is C20H13FO2. The highest BCUT2D eigenvalue weighted by Gasteiger charge is 2.12. The molecule has 3 heteroatoms. The van der Waals surface area contributed by atoms with Crippen LogP contribution in [0.1, 0.15) is 31.8 Å². The maximum Gasteiger partial charge on any atom is 0.193 e. The number of rotatable bonds is 4. The van der Waals surface area contributed by atoms with Gasteiger partial charge in [-0.25, -0.2) is 4.39 Å². The van der Waals surface area contributed by atoms with Gasteiger partial charge in [0.25, 0.3) is 0 Å². The van der Waals surface area contributed by atoms with Crippen molar-refractivity contribution in [2.75, 3.05) is 0 Å². The smallest absolute Gasteiger partial charge is 0.193 e. The Bertz CT molecular complexity index is 835. The first-order chi connectivity index (χ1) is 11.1. The lowest BCUT2D eigenvalue weighted by molar-refractivity contribution is 0.102. The lowest BCUT2D eigenvalue weighted by Crippen LogP contribution is -2.04. The zero-order chi connectivity index (χ0) is 16.2. The van der Waals surface area contributed by atoms with Crippen LogP contribution in [0.15, 0.2) is 78.9 Å². The maximum atomic E-state index is 12.9. The van der Waals surface area contributed by atoms with E-state index in [-0.39, 0.29) is 17.4 Å². The zero-order valence-electron chi connectivity index (χ0n) is 12.2. The molecule has 0 saturated carbocycles. The van der Waals surface area contributed by atoms with E-state index < -0.39 is 0 Å². The molecule has 0 bridgehead atoms. The molecule has 0 fully saturated rings. The van der Waals surface area contributed by atoms with Crippen LogP contribution >= 0.6 is 0 Å². The standard InChI is InChI=1S/C20H13FO2/c21-18-12-10-17(11-13-18)20(23)16-8-6-15(7-9-16)19(22)14-4-2-1-3-5-14/h1-13H. The molecule has 23 heavy (non-hydrogen) atoms.